The normalized spacial score (nSPS) is 10.6. The predicted molar refractivity (Wildman–Crippen MR) is 67.4 cm³/mol. The second kappa shape index (κ2) is 4.37. The molecule has 14 heavy (non-hydrogen) atoms. The predicted octanol–water partition coefficient (Wildman–Crippen LogP) is 4.35. The zero-order chi connectivity index (χ0) is 10.9. The first-order chi connectivity index (χ1) is 6.43. The van der Waals surface area contributed by atoms with Gasteiger partial charge in [0.2, 0.25) is 0 Å². The molecule has 0 atom stereocenters. The van der Waals surface area contributed by atoms with E-state index >= 15 is 0 Å². The van der Waals surface area contributed by atoms with Gasteiger partial charge in [0.25, 0.3) is 0 Å². The number of nitrogens with two attached hydrogens (primary N) is 1. The molecular weight excluding hydrogens is 261 g/mol. The lowest BCUT2D eigenvalue weighted by Crippen LogP contribution is -1.98. The Kier molecular flexibility index (Phi) is 3.62. The highest BCUT2D eigenvalue weighted by molar-refractivity contribution is 9.10. The van der Waals surface area contributed by atoms with Crippen molar-refractivity contribution in [2.24, 2.45) is 5.92 Å². The molecule has 0 aromatic heterocycles. The molecule has 0 aliphatic heterocycles. The summed E-state index contributed by atoms with van der Waals surface area (Å²) in [5.41, 5.74) is 8.54. The van der Waals surface area contributed by atoms with Crippen LogP contribution in [0.2, 0.25) is 5.02 Å². The van der Waals surface area contributed by atoms with Gasteiger partial charge in [-0.2, -0.15) is 0 Å². The van der Waals surface area contributed by atoms with Gasteiger partial charge in [-0.25, -0.2) is 0 Å². The van der Waals surface area contributed by atoms with Crippen LogP contribution in [0.5, 0.6) is 0 Å². The zero-order valence-corrected chi connectivity index (χ0v) is 10.6. The Labute approximate surface area is 98.1 Å². The number of nitrogen functional groups attached to an aromatic ring is 1. The van der Waals surface area contributed by atoms with Crippen molar-refractivity contribution < 1.29 is 0 Å². The maximum atomic E-state index is 5.99. The summed E-state index contributed by atoms with van der Waals surface area (Å²) in [4.78, 5) is 0. The van der Waals surface area contributed by atoms with Gasteiger partial charge in [-0.15, -0.1) is 0 Å². The van der Waals surface area contributed by atoms with Crippen molar-refractivity contribution in [1.82, 2.24) is 0 Å². The fourth-order valence-corrected chi connectivity index (χ4v) is 1.68. The molecule has 0 saturated heterocycles. The average Bonchev–Trinajstić information content (AvgIpc) is 2.10. The van der Waals surface area contributed by atoms with Gasteiger partial charge >= 0.3 is 0 Å². The minimum Gasteiger partial charge on any atom is -0.398 e. The van der Waals surface area contributed by atoms with Crippen LogP contribution in [-0.2, 0) is 0 Å². The van der Waals surface area contributed by atoms with Gasteiger partial charge in [0.1, 0.15) is 0 Å². The molecule has 1 nitrogen and oxygen atoms in total. The van der Waals surface area contributed by atoms with Crippen molar-refractivity contribution in [1.29, 1.82) is 0 Å². The molecule has 0 unspecified atom stereocenters. The molecule has 0 spiro atoms. The highest BCUT2D eigenvalue weighted by Crippen LogP contribution is 2.33. The highest BCUT2D eigenvalue weighted by atomic mass is 79.9. The van der Waals surface area contributed by atoms with Crippen LogP contribution in [0.15, 0.2) is 23.2 Å². The molecule has 0 bridgehead atoms. The Morgan fingerprint density at radius 1 is 1.50 bits per heavy atom. The number of allylic oxidation sites excluding steroid dienone is 1. The number of anilines is 1. The van der Waals surface area contributed by atoms with E-state index < -0.39 is 0 Å². The van der Waals surface area contributed by atoms with Gasteiger partial charge in [0.05, 0.1) is 5.02 Å². The quantitative estimate of drug-likeness (QED) is 0.797. The summed E-state index contributed by atoms with van der Waals surface area (Å²) in [6.45, 7) is 8.16. The van der Waals surface area contributed by atoms with E-state index in [0.717, 1.165) is 15.6 Å². The lowest BCUT2D eigenvalue weighted by Gasteiger charge is -2.13. The largest absolute Gasteiger partial charge is 0.398 e. The molecule has 0 radical (unpaired) electrons. The van der Waals surface area contributed by atoms with Crippen LogP contribution in [0.1, 0.15) is 19.4 Å². The van der Waals surface area contributed by atoms with Crippen LogP contribution < -0.4 is 5.73 Å². The smallest absolute Gasteiger partial charge is 0.0555 e. The molecule has 2 N–H and O–H groups in total. The second-order valence-electron chi connectivity index (χ2n) is 3.53. The van der Waals surface area contributed by atoms with Gasteiger partial charge in [0.15, 0.2) is 0 Å². The third kappa shape index (κ3) is 2.31. The number of hydrogen-bond donors (Lipinski definition) is 1. The molecule has 0 saturated carbocycles. The van der Waals surface area contributed by atoms with E-state index in [1.54, 1.807) is 0 Å². The van der Waals surface area contributed by atoms with Gasteiger partial charge < -0.3 is 5.73 Å². The van der Waals surface area contributed by atoms with E-state index in [9.17, 15) is 0 Å². The average molecular weight is 275 g/mol. The first kappa shape index (κ1) is 11.6. The first-order valence-corrected chi connectivity index (χ1v) is 5.54. The molecule has 0 aliphatic carbocycles. The monoisotopic (exact) mass is 273 g/mol. The molecule has 0 heterocycles. The Balaban J connectivity index is 3.22. The number of halogens is 2. The van der Waals surface area contributed by atoms with Crippen molar-refractivity contribution in [3.8, 4) is 0 Å². The van der Waals surface area contributed by atoms with Crippen LogP contribution in [0.4, 0.5) is 5.69 Å². The molecule has 1 rings (SSSR count). The number of rotatable bonds is 2. The molecule has 1 aromatic rings. The number of hydrogen-bond acceptors (Lipinski definition) is 1. The zero-order valence-electron chi connectivity index (χ0n) is 8.27. The summed E-state index contributed by atoms with van der Waals surface area (Å²) in [5, 5.41) is 0.663. The second-order valence-corrected chi connectivity index (χ2v) is 4.80. The van der Waals surface area contributed by atoms with Gasteiger partial charge in [-0.3, -0.25) is 0 Å². The van der Waals surface area contributed by atoms with Crippen LogP contribution in [0.25, 0.3) is 5.57 Å². The van der Waals surface area contributed by atoms with E-state index in [4.69, 9.17) is 17.3 Å². The SMILES string of the molecule is C=C(c1cc(Cl)c(Br)cc1N)C(C)C. The van der Waals surface area contributed by atoms with Gasteiger partial charge in [-0.05, 0) is 39.6 Å². The van der Waals surface area contributed by atoms with E-state index in [2.05, 4.69) is 36.4 Å². The topological polar surface area (TPSA) is 26.0 Å². The summed E-state index contributed by atoms with van der Waals surface area (Å²) in [7, 11) is 0. The fraction of sp³-hybridized carbons (Fsp3) is 0.273. The summed E-state index contributed by atoms with van der Waals surface area (Å²) < 4.78 is 0.817. The Morgan fingerprint density at radius 3 is 2.57 bits per heavy atom. The Bertz CT molecular complexity index is 372. The minimum absolute atomic E-state index is 0.370. The van der Waals surface area contributed by atoms with Crippen LogP contribution in [0.3, 0.4) is 0 Å². The molecule has 76 valence electrons. The third-order valence-electron chi connectivity index (χ3n) is 2.14. The minimum atomic E-state index is 0.370. The van der Waals surface area contributed by atoms with E-state index in [0.29, 0.717) is 16.6 Å². The van der Waals surface area contributed by atoms with Crippen LogP contribution >= 0.6 is 27.5 Å². The van der Waals surface area contributed by atoms with Crippen molar-refractivity contribution in [2.45, 2.75) is 13.8 Å². The molecular formula is C11H13BrClN. The van der Waals surface area contributed by atoms with E-state index in [-0.39, 0.29) is 0 Å². The summed E-state index contributed by atoms with van der Waals surface area (Å²) in [6.07, 6.45) is 0. The fourth-order valence-electron chi connectivity index (χ4n) is 1.15. The summed E-state index contributed by atoms with van der Waals surface area (Å²) in [5.74, 6) is 0.370. The molecule has 0 fully saturated rings. The van der Waals surface area contributed by atoms with E-state index in [1.165, 1.54) is 0 Å². The third-order valence-corrected chi connectivity index (χ3v) is 3.33. The van der Waals surface area contributed by atoms with Crippen LogP contribution in [-0.4, -0.2) is 0 Å². The Morgan fingerprint density at radius 2 is 2.07 bits per heavy atom. The lowest BCUT2D eigenvalue weighted by molar-refractivity contribution is 0.858. The van der Waals surface area contributed by atoms with Crippen molar-refractivity contribution in [2.75, 3.05) is 5.73 Å². The summed E-state index contributed by atoms with van der Waals surface area (Å²) >= 11 is 9.32. The highest BCUT2D eigenvalue weighted by Gasteiger charge is 2.10. The maximum absolute atomic E-state index is 5.99. The van der Waals surface area contributed by atoms with Crippen molar-refractivity contribution >= 4 is 38.8 Å². The molecule has 0 aliphatic rings. The Hall–Kier alpha value is -0.470. The van der Waals surface area contributed by atoms with Gasteiger partial charge in [-0.1, -0.05) is 32.0 Å². The standard InChI is InChI=1S/C11H13BrClN/c1-6(2)7(3)8-4-10(13)9(12)5-11(8)14/h4-6H,3,14H2,1-2H3. The van der Waals surface area contributed by atoms with Crippen molar-refractivity contribution in [3.05, 3.63) is 33.8 Å². The number of benzene rings is 1. The van der Waals surface area contributed by atoms with Crippen molar-refractivity contribution in [3.63, 3.8) is 0 Å². The molecule has 1 aromatic carbocycles. The summed E-state index contributed by atoms with van der Waals surface area (Å²) in [6, 6.07) is 3.66. The maximum Gasteiger partial charge on any atom is 0.0555 e. The lowest BCUT2D eigenvalue weighted by atomic mass is 9.96. The van der Waals surface area contributed by atoms with Gasteiger partial charge in [0, 0.05) is 15.7 Å². The van der Waals surface area contributed by atoms with Crippen LogP contribution in [0, 0.1) is 5.92 Å². The van der Waals surface area contributed by atoms with E-state index in [1.807, 2.05) is 12.1 Å². The molecule has 3 heteroatoms. The first-order valence-electron chi connectivity index (χ1n) is 4.37. The molecule has 0 amide bonds.